The number of aliphatic hydroxyl groups excluding tert-OH is 4. The number of halogens is 3. The van der Waals surface area contributed by atoms with E-state index in [1.165, 1.54) is 65.2 Å². The minimum absolute atomic E-state index is 0. The third-order valence-electron chi connectivity index (χ3n) is 18.8. The molecule has 8 aromatic carbocycles. The summed E-state index contributed by atoms with van der Waals surface area (Å²) in [6.45, 7) is 12.9. The zero-order valence-electron chi connectivity index (χ0n) is 65.0. The second-order valence-electron chi connectivity index (χ2n) is 26.8. The minimum Gasteiger partial charge on any atom is -0.513 e. The molecule has 0 saturated heterocycles. The maximum Gasteiger partial charge on any atom is 0.417 e. The number of aliphatic hydroxyl groups is 4. The van der Waals surface area contributed by atoms with Crippen LogP contribution in [0.15, 0.2) is 326 Å². The van der Waals surface area contributed by atoms with Gasteiger partial charge in [-0.25, -0.2) is 22.7 Å². The number of nitrogens with zero attached hydrogens (tertiary/aromatic N) is 7. The standard InChI is InChI=1S/C24H14F3N2.C24H17N2.C22H20N.2C9H6NS.2C5H10O2.3Ir/c25-24(26,27)17-11-12-21(28-15-17)16-10-13-23-20(14-16)19-8-4-5-9-22(19)29(23)18-6-2-1-3-7-18;1-17-11-13-22(25-16-17)18-12-14-24-21(15-18)20-9-5-6-10-23(20)26(24)19-7-3-2-4-8-19;1-3-22(4-2)19-10-6-5-9-17(19)18-13-12-16(15-20(18)22)21-11-7-8-14-23-21;2*1-2-6-10-8(4-1)9-5-3-7-11-9;2*1-4(6)3-5(2)7;;;/h1-13,15H;2-14,16H,1H3;5-11,13-15H,3-4H2,1-2H3;2*1-4,6-7H;2*3-4,6-7H,1-2H3;;;/q5*-1;;;;;. The van der Waals surface area contributed by atoms with Gasteiger partial charge in [0.2, 0.25) is 0 Å². The van der Waals surface area contributed by atoms with Crippen LogP contribution >= 0.6 is 22.7 Å². The van der Waals surface area contributed by atoms with Crippen LogP contribution < -0.4 is 0 Å². The van der Waals surface area contributed by atoms with Crippen molar-refractivity contribution in [3.8, 4) is 77.4 Å². The molecule has 0 aliphatic heterocycles. The number of thiophene rings is 2. The van der Waals surface area contributed by atoms with Crippen LogP contribution in [0, 0.1) is 37.3 Å². The van der Waals surface area contributed by atoms with E-state index < -0.39 is 23.9 Å². The molecule has 3 radical (unpaired) electrons. The van der Waals surface area contributed by atoms with E-state index in [9.17, 15) is 13.2 Å². The molecule has 0 amide bonds. The summed E-state index contributed by atoms with van der Waals surface area (Å²) in [5.41, 5.74) is 19.9. The summed E-state index contributed by atoms with van der Waals surface area (Å²) >= 11 is 3.32. The third-order valence-corrected chi connectivity index (χ3v) is 20.5. The number of benzene rings is 8. The number of para-hydroxylation sites is 4. The van der Waals surface area contributed by atoms with Crippen molar-refractivity contribution in [3.05, 3.63) is 379 Å². The first-order chi connectivity index (χ1) is 55.3. The van der Waals surface area contributed by atoms with Crippen molar-refractivity contribution in [2.75, 3.05) is 0 Å². The van der Waals surface area contributed by atoms with Crippen LogP contribution in [0.4, 0.5) is 13.2 Å². The normalized spacial score (nSPS) is 12.1. The van der Waals surface area contributed by atoms with Gasteiger partial charge >= 0.3 is 6.18 Å². The number of fused-ring (bicyclic) bond motifs is 9. The zero-order chi connectivity index (χ0) is 80.1. The second-order valence-corrected chi connectivity index (χ2v) is 28.7. The molecule has 19 heteroatoms. The Morgan fingerprint density at radius 1 is 0.453 bits per heavy atom. The number of hydrogen-bond acceptors (Lipinski definition) is 11. The molecule has 18 rings (SSSR count). The minimum atomic E-state index is -4.40. The summed E-state index contributed by atoms with van der Waals surface area (Å²) < 4.78 is 42.9. The summed E-state index contributed by atoms with van der Waals surface area (Å²) in [6, 6.07) is 103. The van der Waals surface area contributed by atoms with Crippen LogP contribution in [0.1, 0.15) is 76.6 Å². The average Bonchev–Trinajstić information content (AvgIpc) is 1.70. The summed E-state index contributed by atoms with van der Waals surface area (Å²) in [6.07, 6.45) is 7.67. The Labute approximate surface area is 729 Å². The summed E-state index contributed by atoms with van der Waals surface area (Å²) in [4.78, 5) is 23.7. The fourth-order valence-corrected chi connectivity index (χ4v) is 15.0. The number of pyridine rings is 5. The molecule has 1 aliphatic rings. The molecule has 0 bridgehead atoms. The third kappa shape index (κ3) is 22.5. The first-order valence-electron chi connectivity index (χ1n) is 37.2. The van der Waals surface area contributed by atoms with Crippen LogP contribution in [0.3, 0.4) is 0 Å². The van der Waals surface area contributed by atoms with E-state index >= 15 is 0 Å². The van der Waals surface area contributed by atoms with Gasteiger partial charge in [0.15, 0.2) is 0 Å². The van der Waals surface area contributed by atoms with E-state index in [0.717, 1.165) is 118 Å². The molecule has 2 atom stereocenters. The molecule has 2 unspecified atom stereocenters. The topological polar surface area (TPSA) is 155 Å². The maximum atomic E-state index is 12.8. The molecule has 4 N–H and O–H groups in total. The Morgan fingerprint density at radius 2 is 0.880 bits per heavy atom. The van der Waals surface area contributed by atoms with Crippen molar-refractivity contribution in [1.82, 2.24) is 34.1 Å². The van der Waals surface area contributed by atoms with Gasteiger partial charge in [-0.2, -0.15) is 37.4 Å². The quantitative estimate of drug-likeness (QED) is 0.0732. The predicted molar refractivity (Wildman–Crippen MR) is 460 cm³/mol. The Morgan fingerprint density at radius 3 is 1.27 bits per heavy atom. The number of hydrogen-bond donors (Lipinski definition) is 4. The zero-order valence-corrected chi connectivity index (χ0v) is 73.8. The van der Waals surface area contributed by atoms with E-state index in [1.807, 2.05) is 157 Å². The van der Waals surface area contributed by atoms with E-state index in [0.29, 0.717) is 11.3 Å². The SMILES string of the molecule is CC(O)=CC(C)O.CC(O)=CC(C)O.CCC1(CC)c2ccccc2-c2c[c-]c(-c3ccccn3)cc21.Cc1ccc(-c2[c-]c3c4ccccc4n(-c4ccccc4)c3cc2)nc1.FC(F)(F)c1ccc(-c2[c-]c3c4ccccc4n(-c4ccccc4)c3cc2)nc1.[Ir].[Ir].[Ir].[c-]1ccsc1-c1ccccn1.[c-]1ccsc1-c1ccccn1. The molecule has 9 heterocycles. The molecular formula is C98H83F3Ir3N7O4S2-5. The fraction of sp³-hybridized carbons (Fsp3) is 0.133. The van der Waals surface area contributed by atoms with Gasteiger partial charge in [-0.05, 0) is 153 Å². The molecule has 0 fully saturated rings. The van der Waals surface area contributed by atoms with Gasteiger partial charge in [-0.1, -0.05) is 225 Å². The Balaban J connectivity index is 0.000000165. The van der Waals surface area contributed by atoms with Crippen molar-refractivity contribution in [1.29, 1.82) is 0 Å². The number of aromatic nitrogens is 7. The summed E-state index contributed by atoms with van der Waals surface area (Å²) in [5.74, 6) is 0.324. The van der Waals surface area contributed by atoms with Gasteiger partial charge in [0.05, 0.1) is 29.3 Å². The van der Waals surface area contributed by atoms with E-state index in [2.05, 4.69) is 200 Å². The van der Waals surface area contributed by atoms with Crippen LogP contribution in [0.5, 0.6) is 0 Å². The Bertz CT molecular complexity index is 5900. The van der Waals surface area contributed by atoms with Gasteiger partial charge in [0.1, 0.15) is 0 Å². The fourth-order valence-electron chi connectivity index (χ4n) is 13.7. The van der Waals surface area contributed by atoms with Crippen LogP contribution in [0.25, 0.3) is 121 Å². The molecule has 599 valence electrons. The van der Waals surface area contributed by atoms with Gasteiger partial charge in [-0.3, -0.25) is 9.97 Å². The summed E-state index contributed by atoms with van der Waals surface area (Å²) in [7, 11) is 0. The first-order valence-corrected chi connectivity index (χ1v) is 39.0. The molecule has 1 aliphatic carbocycles. The van der Waals surface area contributed by atoms with Crippen molar-refractivity contribution < 1.29 is 93.9 Å². The largest absolute Gasteiger partial charge is 0.513 e. The average molecular weight is 2120 g/mol. The van der Waals surface area contributed by atoms with Crippen molar-refractivity contribution >= 4 is 66.3 Å². The number of allylic oxidation sites excluding steroid dienone is 2. The number of alkyl halides is 3. The van der Waals surface area contributed by atoms with Crippen molar-refractivity contribution in [2.45, 2.75) is 85.1 Å². The van der Waals surface area contributed by atoms with Gasteiger partial charge in [-0.15, -0.1) is 76.5 Å². The van der Waals surface area contributed by atoms with Crippen molar-refractivity contribution in [2.24, 2.45) is 0 Å². The van der Waals surface area contributed by atoms with Gasteiger partial charge in [0, 0.05) is 131 Å². The summed E-state index contributed by atoms with van der Waals surface area (Å²) in [5, 5.41) is 42.1. The van der Waals surface area contributed by atoms with E-state index in [1.54, 1.807) is 48.9 Å². The van der Waals surface area contributed by atoms with Gasteiger partial charge < -0.3 is 44.5 Å². The van der Waals surface area contributed by atoms with Crippen LogP contribution in [0.2, 0.25) is 0 Å². The Kier molecular flexibility index (Phi) is 33.1. The molecule has 0 spiro atoms. The molecular weight excluding hydrogens is 2040 g/mol. The van der Waals surface area contributed by atoms with E-state index in [4.69, 9.17) is 20.4 Å². The van der Waals surface area contributed by atoms with Crippen molar-refractivity contribution in [3.63, 3.8) is 0 Å². The number of rotatable bonds is 11. The number of aryl methyl sites for hydroxylation is 1. The molecule has 17 aromatic rings. The Hall–Kier alpha value is -10.8. The maximum absolute atomic E-state index is 12.8. The van der Waals surface area contributed by atoms with Gasteiger partial charge in [0.25, 0.3) is 0 Å². The first kappa shape index (κ1) is 90.2. The van der Waals surface area contributed by atoms with Crippen LogP contribution in [-0.2, 0) is 71.9 Å². The molecule has 117 heavy (non-hydrogen) atoms. The van der Waals surface area contributed by atoms with E-state index in [-0.39, 0.29) is 77.2 Å². The molecule has 9 aromatic heterocycles. The molecule has 0 saturated carbocycles. The second kappa shape index (κ2) is 42.9. The van der Waals surface area contributed by atoms with Crippen LogP contribution in [-0.4, -0.2) is 66.7 Å². The smallest absolute Gasteiger partial charge is 0.417 e. The predicted octanol–water partition coefficient (Wildman–Crippen LogP) is 25.1. The monoisotopic (exact) mass is 2120 g/mol. The molecule has 11 nitrogen and oxygen atoms in total.